The van der Waals surface area contributed by atoms with E-state index in [0.29, 0.717) is 12.0 Å². The molecule has 2 atom stereocenters. The lowest BCUT2D eigenvalue weighted by atomic mass is 9.83. The van der Waals surface area contributed by atoms with E-state index in [1.54, 1.807) is 0 Å². The average Bonchev–Trinajstić information content (AvgIpc) is 2.51. The Hall–Kier alpha value is -1.80. The Bertz CT molecular complexity index is 663. The van der Waals surface area contributed by atoms with Gasteiger partial charge in [0.2, 0.25) is 0 Å². The molecular formula is C21H27NO. The molecule has 1 N–H and O–H groups in total. The summed E-state index contributed by atoms with van der Waals surface area (Å²) in [4.78, 5) is 0. The minimum atomic E-state index is -0.108. The minimum absolute atomic E-state index is 0.108. The van der Waals surface area contributed by atoms with Gasteiger partial charge in [-0.2, -0.15) is 0 Å². The van der Waals surface area contributed by atoms with Gasteiger partial charge in [0.15, 0.2) is 0 Å². The summed E-state index contributed by atoms with van der Waals surface area (Å²) in [5.41, 5.74) is 3.82. The van der Waals surface area contributed by atoms with E-state index < -0.39 is 0 Å². The van der Waals surface area contributed by atoms with Gasteiger partial charge in [0, 0.05) is 18.5 Å². The molecule has 0 aromatic heterocycles. The standard InChI is InChI=1S/C21H27NO/c1-15-10-11-19-18(13-21(3,4)23-20(19)12-15)14-22-16(2)17-8-6-5-7-9-17/h5-12,16,18,22H,13-14H2,1-4H3/t16?,18-/m0/s1. The van der Waals surface area contributed by atoms with E-state index in [0.717, 1.165) is 18.7 Å². The van der Waals surface area contributed by atoms with Crippen LogP contribution < -0.4 is 10.1 Å². The van der Waals surface area contributed by atoms with Gasteiger partial charge in [0.1, 0.15) is 11.4 Å². The molecule has 1 unspecified atom stereocenters. The van der Waals surface area contributed by atoms with Gasteiger partial charge in [-0.3, -0.25) is 0 Å². The third-order valence-corrected chi connectivity index (χ3v) is 4.70. The first-order valence-corrected chi connectivity index (χ1v) is 8.52. The second-order valence-electron chi connectivity index (χ2n) is 7.34. The Labute approximate surface area is 139 Å². The zero-order chi connectivity index (χ0) is 16.4. The maximum Gasteiger partial charge on any atom is 0.123 e. The van der Waals surface area contributed by atoms with Gasteiger partial charge in [-0.1, -0.05) is 42.5 Å². The van der Waals surface area contributed by atoms with Gasteiger partial charge >= 0.3 is 0 Å². The monoisotopic (exact) mass is 309 g/mol. The van der Waals surface area contributed by atoms with Crippen LogP contribution in [0.3, 0.4) is 0 Å². The highest BCUT2D eigenvalue weighted by atomic mass is 16.5. The number of hydrogen-bond acceptors (Lipinski definition) is 2. The van der Waals surface area contributed by atoms with Crippen molar-refractivity contribution in [2.75, 3.05) is 6.54 Å². The van der Waals surface area contributed by atoms with Crippen LogP contribution in [0.4, 0.5) is 0 Å². The molecule has 2 aromatic carbocycles. The summed E-state index contributed by atoms with van der Waals surface area (Å²) in [6, 6.07) is 17.6. The van der Waals surface area contributed by atoms with E-state index in [-0.39, 0.29) is 5.60 Å². The maximum absolute atomic E-state index is 6.19. The largest absolute Gasteiger partial charge is 0.488 e. The van der Waals surface area contributed by atoms with Crippen LogP contribution in [0.2, 0.25) is 0 Å². The van der Waals surface area contributed by atoms with Gasteiger partial charge in [0.25, 0.3) is 0 Å². The molecule has 0 amide bonds. The molecule has 2 heteroatoms. The number of nitrogens with one attached hydrogen (secondary N) is 1. The lowest BCUT2D eigenvalue weighted by Crippen LogP contribution is -2.38. The molecule has 23 heavy (non-hydrogen) atoms. The van der Waals surface area contributed by atoms with Crippen molar-refractivity contribution in [2.24, 2.45) is 0 Å². The summed E-state index contributed by atoms with van der Waals surface area (Å²) >= 11 is 0. The molecule has 0 radical (unpaired) electrons. The quantitative estimate of drug-likeness (QED) is 0.859. The fraction of sp³-hybridized carbons (Fsp3) is 0.429. The first kappa shape index (κ1) is 16.1. The molecule has 0 spiro atoms. The first-order valence-electron chi connectivity index (χ1n) is 8.52. The van der Waals surface area contributed by atoms with Crippen LogP contribution in [-0.2, 0) is 0 Å². The highest BCUT2D eigenvalue weighted by molar-refractivity contribution is 5.42. The number of fused-ring (bicyclic) bond motifs is 1. The number of ether oxygens (including phenoxy) is 1. The van der Waals surface area contributed by atoms with E-state index in [4.69, 9.17) is 4.74 Å². The molecule has 2 aromatic rings. The summed E-state index contributed by atoms with van der Waals surface area (Å²) < 4.78 is 6.19. The van der Waals surface area contributed by atoms with Crippen LogP contribution in [0.25, 0.3) is 0 Å². The molecular weight excluding hydrogens is 282 g/mol. The van der Waals surface area contributed by atoms with Crippen molar-refractivity contribution in [1.29, 1.82) is 0 Å². The number of aryl methyl sites for hydroxylation is 1. The van der Waals surface area contributed by atoms with Crippen molar-refractivity contribution in [2.45, 2.75) is 51.7 Å². The third kappa shape index (κ3) is 3.76. The Morgan fingerprint density at radius 3 is 2.65 bits per heavy atom. The van der Waals surface area contributed by atoms with E-state index in [9.17, 15) is 0 Å². The molecule has 0 bridgehead atoms. The van der Waals surface area contributed by atoms with Crippen molar-refractivity contribution in [3.05, 3.63) is 65.2 Å². The highest BCUT2D eigenvalue weighted by Gasteiger charge is 2.33. The van der Waals surface area contributed by atoms with Crippen molar-refractivity contribution in [3.63, 3.8) is 0 Å². The van der Waals surface area contributed by atoms with E-state index in [1.807, 2.05) is 0 Å². The van der Waals surface area contributed by atoms with Gasteiger partial charge in [-0.05, 0) is 56.9 Å². The minimum Gasteiger partial charge on any atom is -0.488 e. The van der Waals surface area contributed by atoms with Gasteiger partial charge in [-0.25, -0.2) is 0 Å². The Morgan fingerprint density at radius 1 is 1.17 bits per heavy atom. The highest BCUT2D eigenvalue weighted by Crippen LogP contribution is 2.41. The van der Waals surface area contributed by atoms with E-state index in [1.165, 1.54) is 16.7 Å². The molecule has 1 heterocycles. The van der Waals surface area contributed by atoms with E-state index in [2.05, 4.69) is 81.5 Å². The summed E-state index contributed by atoms with van der Waals surface area (Å²) in [6.45, 7) is 9.70. The van der Waals surface area contributed by atoms with Gasteiger partial charge in [-0.15, -0.1) is 0 Å². The Kier molecular flexibility index (Phi) is 4.45. The lowest BCUT2D eigenvalue weighted by Gasteiger charge is -2.38. The van der Waals surface area contributed by atoms with Crippen LogP contribution >= 0.6 is 0 Å². The lowest BCUT2D eigenvalue weighted by molar-refractivity contribution is 0.0713. The van der Waals surface area contributed by atoms with Crippen molar-refractivity contribution in [1.82, 2.24) is 5.32 Å². The second kappa shape index (κ2) is 6.37. The number of benzene rings is 2. The van der Waals surface area contributed by atoms with Crippen molar-refractivity contribution >= 4 is 0 Å². The van der Waals surface area contributed by atoms with Crippen LogP contribution in [0.5, 0.6) is 5.75 Å². The molecule has 0 aliphatic carbocycles. The first-order chi connectivity index (χ1) is 10.9. The second-order valence-corrected chi connectivity index (χ2v) is 7.34. The van der Waals surface area contributed by atoms with Crippen molar-refractivity contribution in [3.8, 4) is 5.75 Å². The maximum atomic E-state index is 6.19. The van der Waals surface area contributed by atoms with E-state index >= 15 is 0 Å². The Morgan fingerprint density at radius 2 is 1.91 bits per heavy atom. The third-order valence-electron chi connectivity index (χ3n) is 4.70. The molecule has 0 saturated heterocycles. The van der Waals surface area contributed by atoms with Gasteiger partial charge < -0.3 is 10.1 Å². The zero-order valence-electron chi connectivity index (χ0n) is 14.6. The number of hydrogen-bond donors (Lipinski definition) is 1. The molecule has 3 rings (SSSR count). The summed E-state index contributed by atoms with van der Waals surface area (Å²) in [7, 11) is 0. The Balaban J connectivity index is 1.75. The van der Waals surface area contributed by atoms with Crippen LogP contribution in [0.1, 0.15) is 55.8 Å². The molecule has 122 valence electrons. The summed E-state index contributed by atoms with van der Waals surface area (Å²) in [6.07, 6.45) is 1.04. The van der Waals surface area contributed by atoms with Crippen LogP contribution in [0.15, 0.2) is 48.5 Å². The molecule has 2 nitrogen and oxygen atoms in total. The van der Waals surface area contributed by atoms with Gasteiger partial charge in [0.05, 0.1) is 0 Å². The normalized spacial score (nSPS) is 20.4. The smallest absolute Gasteiger partial charge is 0.123 e. The predicted octanol–water partition coefficient (Wildman–Crippen LogP) is 4.99. The molecule has 0 saturated carbocycles. The zero-order valence-corrected chi connectivity index (χ0v) is 14.6. The number of rotatable bonds is 4. The average molecular weight is 309 g/mol. The molecule has 1 aliphatic rings. The van der Waals surface area contributed by atoms with Crippen LogP contribution in [-0.4, -0.2) is 12.1 Å². The molecule has 1 aliphatic heterocycles. The predicted molar refractivity (Wildman–Crippen MR) is 96.1 cm³/mol. The van der Waals surface area contributed by atoms with Crippen LogP contribution in [0, 0.1) is 6.92 Å². The fourth-order valence-electron chi connectivity index (χ4n) is 3.47. The summed E-state index contributed by atoms with van der Waals surface area (Å²) in [5, 5.41) is 3.71. The SMILES string of the molecule is Cc1ccc2c(c1)OC(C)(C)C[C@H]2CNC(C)c1ccccc1. The topological polar surface area (TPSA) is 21.3 Å². The fourth-order valence-corrected chi connectivity index (χ4v) is 3.47. The molecule has 0 fully saturated rings. The van der Waals surface area contributed by atoms with Crippen molar-refractivity contribution < 1.29 is 4.74 Å². The summed E-state index contributed by atoms with van der Waals surface area (Å²) in [5.74, 6) is 1.54.